The Morgan fingerprint density at radius 2 is 2.07 bits per heavy atom. The monoisotopic (exact) mass is 220 g/mol. The van der Waals surface area contributed by atoms with Gasteiger partial charge in [0.05, 0.1) is 6.20 Å². The van der Waals surface area contributed by atoms with E-state index >= 15 is 0 Å². The van der Waals surface area contributed by atoms with E-state index in [-0.39, 0.29) is 11.7 Å². The van der Waals surface area contributed by atoms with Crippen molar-refractivity contribution in [1.29, 1.82) is 0 Å². The molecule has 0 saturated carbocycles. The maximum Gasteiger partial charge on any atom is 0.293 e. The van der Waals surface area contributed by atoms with Gasteiger partial charge >= 0.3 is 0 Å². The minimum absolute atomic E-state index is 0.185. The second-order valence-corrected chi connectivity index (χ2v) is 3.38. The lowest BCUT2D eigenvalue weighted by molar-refractivity contribution is 0.0996. The molecule has 2 aromatic rings. The van der Waals surface area contributed by atoms with Gasteiger partial charge in [-0.05, 0) is 24.3 Å². The van der Waals surface area contributed by atoms with Crippen LogP contribution in [0, 0.1) is 0 Å². The van der Waals surface area contributed by atoms with E-state index in [0.717, 1.165) is 4.90 Å². The topological polar surface area (TPSA) is 55.1 Å². The van der Waals surface area contributed by atoms with Gasteiger partial charge in [0.25, 0.3) is 5.91 Å². The van der Waals surface area contributed by atoms with Crippen LogP contribution in [-0.4, -0.2) is 10.9 Å². The molecule has 1 amide bonds. The Morgan fingerprint density at radius 1 is 1.33 bits per heavy atom. The first kappa shape index (κ1) is 9.79. The molecule has 2 rings (SSSR count). The molecule has 0 bridgehead atoms. The molecular weight excluding hydrogens is 212 g/mol. The van der Waals surface area contributed by atoms with E-state index < -0.39 is 0 Å². The zero-order chi connectivity index (χ0) is 10.7. The summed E-state index contributed by atoms with van der Waals surface area (Å²) in [6.45, 7) is 0. The van der Waals surface area contributed by atoms with Gasteiger partial charge in [-0.1, -0.05) is 0 Å². The molecular formula is C10H8N2O2S. The van der Waals surface area contributed by atoms with Crippen molar-refractivity contribution >= 4 is 24.2 Å². The molecule has 76 valence electrons. The summed E-state index contributed by atoms with van der Waals surface area (Å²) in [5.41, 5.74) is 0.689. The fourth-order valence-corrected chi connectivity index (χ4v) is 1.21. The third-order valence-electron chi connectivity index (χ3n) is 1.78. The molecule has 0 aliphatic carbocycles. The van der Waals surface area contributed by atoms with E-state index in [1.807, 2.05) is 0 Å². The fourth-order valence-electron chi connectivity index (χ4n) is 1.07. The third-order valence-corrected chi connectivity index (χ3v) is 2.08. The number of carbonyl (C=O) groups is 1. The lowest BCUT2D eigenvalue weighted by Gasteiger charge is -2.02. The second kappa shape index (κ2) is 4.18. The lowest BCUT2D eigenvalue weighted by atomic mass is 10.3. The molecule has 1 heterocycles. The van der Waals surface area contributed by atoms with Crippen molar-refractivity contribution in [3.8, 4) is 0 Å². The van der Waals surface area contributed by atoms with Crippen LogP contribution in [0.3, 0.4) is 0 Å². The average Bonchev–Trinajstić information content (AvgIpc) is 2.74. The molecule has 0 aliphatic heterocycles. The summed E-state index contributed by atoms with van der Waals surface area (Å²) in [6.07, 6.45) is 2.58. The summed E-state index contributed by atoms with van der Waals surface area (Å²) >= 11 is 4.14. The highest BCUT2D eigenvalue weighted by Crippen LogP contribution is 2.13. The molecule has 0 aliphatic rings. The van der Waals surface area contributed by atoms with Crippen LogP contribution in [-0.2, 0) is 0 Å². The SMILES string of the molecule is O=C(Nc1ccc(S)cc1)c1cnco1. The maximum absolute atomic E-state index is 11.5. The van der Waals surface area contributed by atoms with E-state index in [2.05, 4.69) is 22.9 Å². The van der Waals surface area contributed by atoms with Crippen LogP contribution in [0.25, 0.3) is 0 Å². The van der Waals surface area contributed by atoms with E-state index in [0.29, 0.717) is 5.69 Å². The van der Waals surface area contributed by atoms with E-state index in [9.17, 15) is 4.79 Å². The number of benzene rings is 1. The Labute approximate surface area is 91.7 Å². The summed E-state index contributed by atoms with van der Waals surface area (Å²) in [7, 11) is 0. The number of carbonyl (C=O) groups excluding carboxylic acids is 1. The molecule has 4 nitrogen and oxygen atoms in total. The van der Waals surface area contributed by atoms with Gasteiger partial charge in [-0.2, -0.15) is 0 Å². The van der Waals surface area contributed by atoms with Crippen LogP contribution >= 0.6 is 12.6 Å². The maximum atomic E-state index is 11.5. The smallest absolute Gasteiger partial charge is 0.293 e. The number of hydrogen-bond donors (Lipinski definition) is 2. The second-order valence-electron chi connectivity index (χ2n) is 2.87. The number of nitrogens with one attached hydrogen (secondary N) is 1. The third kappa shape index (κ3) is 2.38. The van der Waals surface area contributed by atoms with E-state index in [1.165, 1.54) is 12.6 Å². The molecule has 15 heavy (non-hydrogen) atoms. The van der Waals surface area contributed by atoms with Crippen LogP contribution < -0.4 is 5.32 Å². The van der Waals surface area contributed by atoms with Crippen LogP contribution in [0.1, 0.15) is 10.6 Å². The van der Waals surface area contributed by atoms with Gasteiger partial charge in [0.2, 0.25) is 5.76 Å². The number of rotatable bonds is 2. The Bertz CT molecular complexity index is 451. The van der Waals surface area contributed by atoms with Gasteiger partial charge in [-0.15, -0.1) is 12.6 Å². The molecule has 0 atom stereocenters. The first-order chi connectivity index (χ1) is 7.25. The largest absolute Gasteiger partial charge is 0.438 e. The number of anilines is 1. The molecule has 0 saturated heterocycles. The summed E-state index contributed by atoms with van der Waals surface area (Å²) in [6, 6.07) is 7.10. The number of amides is 1. The molecule has 1 aromatic heterocycles. The van der Waals surface area contributed by atoms with Gasteiger partial charge in [-0.3, -0.25) is 4.79 Å². The standard InChI is InChI=1S/C10H8N2O2S/c13-10(9-5-11-6-14-9)12-7-1-3-8(15)4-2-7/h1-6,15H,(H,12,13). The first-order valence-electron chi connectivity index (χ1n) is 4.24. The number of thiol groups is 1. The van der Waals surface area contributed by atoms with Gasteiger partial charge in [0.1, 0.15) is 0 Å². The van der Waals surface area contributed by atoms with Crippen LogP contribution in [0.5, 0.6) is 0 Å². The van der Waals surface area contributed by atoms with E-state index in [4.69, 9.17) is 4.42 Å². The van der Waals surface area contributed by atoms with Crippen molar-refractivity contribution in [3.05, 3.63) is 42.6 Å². The van der Waals surface area contributed by atoms with Crippen molar-refractivity contribution < 1.29 is 9.21 Å². The highest BCUT2D eigenvalue weighted by atomic mass is 32.1. The van der Waals surface area contributed by atoms with Crippen LogP contribution in [0.15, 0.2) is 46.2 Å². The quantitative estimate of drug-likeness (QED) is 0.763. The Hall–Kier alpha value is -1.75. The summed E-state index contributed by atoms with van der Waals surface area (Å²) in [5, 5.41) is 2.66. The Kier molecular flexibility index (Phi) is 2.73. The zero-order valence-electron chi connectivity index (χ0n) is 7.68. The number of nitrogens with zero attached hydrogens (tertiary/aromatic N) is 1. The zero-order valence-corrected chi connectivity index (χ0v) is 8.57. The Balaban J connectivity index is 2.09. The molecule has 5 heteroatoms. The molecule has 0 unspecified atom stereocenters. The first-order valence-corrected chi connectivity index (χ1v) is 4.69. The molecule has 0 radical (unpaired) electrons. The van der Waals surface area contributed by atoms with Gasteiger partial charge in [0.15, 0.2) is 6.39 Å². The summed E-state index contributed by atoms with van der Waals surface area (Å²) in [5.74, 6) is -0.135. The summed E-state index contributed by atoms with van der Waals surface area (Å²) in [4.78, 5) is 16.0. The molecule has 0 fully saturated rings. The van der Waals surface area contributed by atoms with Crippen molar-refractivity contribution in [2.45, 2.75) is 4.90 Å². The van der Waals surface area contributed by atoms with Crippen LogP contribution in [0.2, 0.25) is 0 Å². The van der Waals surface area contributed by atoms with Gasteiger partial charge in [0, 0.05) is 10.6 Å². The molecule has 1 aromatic carbocycles. The summed E-state index contributed by atoms with van der Waals surface area (Å²) < 4.78 is 4.85. The normalized spacial score (nSPS) is 9.93. The molecule has 1 N–H and O–H groups in total. The van der Waals surface area contributed by atoms with Gasteiger partial charge in [-0.25, -0.2) is 4.98 Å². The molecule has 0 spiro atoms. The number of hydrogen-bond acceptors (Lipinski definition) is 4. The number of aromatic nitrogens is 1. The predicted molar refractivity (Wildman–Crippen MR) is 58.2 cm³/mol. The minimum atomic E-state index is -0.320. The van der Waals surface area contributed by atoms with Crippen molar-refractivity contribution in [2.75, 3.05) is 5.32 Å². The van der Waals surface area contributed by atoms with Crippen LogP contribution in [0.4, 0.5) is 5.69 Å². The lowest BCUT2D eigenvalue weighted by Crippen LogP contribution is -2.10. The van der Waals surface area contributed by atoms with Crippen molar-refractivity contribution in [3.63, 3.8) is 0 Å². The van der Waals surface area contributed by atoms with Crippen molar-refractivity contribution in [2.24, 2.45) is 0 Å². The number of oxazole rings is 1. The highest BCUT2D eigenvalue weighted by molar-refractivity contribution is 7.80. The predicted octanol–water partition coefficient (Wildman–Crippen LogP) is 2.22. The Morgan fingerprint density at radius 3 is 2.67 bits per heavy atom. The van der Waals surface area contributed by atoms with Crippen molar-refractivity contribution in [1.82, 2.24) is 4.98 Å². The van der Waals surface area contributed by atoms with E-state index in [1.54, 1.807) is 24.3 Å². The average molecular weight is 220 g/mol. The highest BCUT2D eigenvalue weighted by Gasteiger charge is 2.08. The fraction of sp³-hybridized carbons (Fsp3) is 0. The minimum Gasteiger partial charge on any atom is -0.438 e. The van der Waals surface area contributed by atoms with Gasteiger partial charge < -0.3 is 9.73 Å².